The zero-order valence-electron chi connectivity index (χ0n) is 20.5. The number of piperidine rings is 1. The molecule has 1 aromatic carbocycles. The van der Waals surface area contributed by atoms with Gasteiger partial charge in [0, 0.05) is 57.9 Å². The molecule has 7 nitrogen and oxygen atoms in total. The number of likely N-dealkylation sites (tertiary alicyclic amines) is 1. The molecule has 2 heterocycles. The number of rotatable bonds is 8. The Kier molecular flexibility index (Phi) is 12.5. The van der Waals surface area contributed by atoms with Gasteiger partial charge in [0.15, 0.2) is 5.96 Å². The summed E-state index contributed by atoms with van der Waals surface area (Å²) >= 11 is 0. The molecular weight excluding hydrogens is 529 g/mol. The Labute approximate surface area is 216 Å². The maximum absolute atomic E-state index is 12.6. The summed E-state index contributed by atoms with van der Waals surface area (Å²) in [6.45, 7) is 11.5. The van der Waals surface area contributed by atoms with Crippen molar-refractivity contribution < 1.29 is 9.53 Å². The minimum Gasteiger partial charge on any atom is -0.379 e. The van der Waals surface area contributed by atoms with E-state index in [1.54, 1.807) is 0 Å². The second-order valence-electron chi connectivity index (χ2n) is 9.29. The molecule has 186 valence electrons. The topological polar surface area (TPSA) is 69.2 Å². The molecule has 2 aliphatic heterocycles. The Balaban J connectivity index is 0.00000385. The number of benzene rings is 1. The first-order valence-electron chi connectivity index (χ1n) is 12.2. The Morgan fingerprint density at radius 1 is 1.03 bits per heavy atom. The van der Waals surface area contributed by atoms with Crippen LogP contribution < -0.4 is 10.6 Å². The van der Waals surface area contributed by atoms with E-state index >= 15 is 0 Å². The highest BCUT2D eigenvalue weighted by Gasteiger charge is 2.22. The van der Waals surface area contributed by atoms with E-state index in [1.165, 1.54) is 6.42 Å². The molecule has 0 radical (unpaired) electrons. The van der Waals surface area contributed by atoms with Crippen molar-refractivity contribution in [3.63, 3.8) is 0 Å². The molecule has 0 aromatic heterocycles. The van der Waals surface area contributed by atoms with Gasteiger partial charge in [0.2, 0.25) is 0 Å². The molecule has 2 saturated heterocycles. The average Bonchev–Trinajstić information content (AvgIpc) is 2.84. The number of carbonyl (C=O) groups is 1. The number of amides is 1. The van der Waals surface area contributed by atoms with Crippen LogP contribution in [0, 0.1) is 5.92 Å². The van der Waals surface area contributed by atoms with E-state index in [2.05, 4.69) is 34.4 Å². The summed E-state index contributed by atoms with van der Waals surface area (Å²) in [5.74, 6) is 1.60. The summed E-state index contributed by atoms with van der Waals surface area (Å²) in [6, 6.07) is 8.43. The normalized spacial score (nSPS) is 18.5. The predicted octanol–water partition coefficient (Wildman–Crippen LogP) is 3.34. The molecule has 1 unspecified atom stereocenters. The van der Waals surface area contributed by atoms with Gasteiger partial charge in [-0.25, -0.2) is 0 Å². The SMILES string of the molecule is CN=C(NCc1ccc(C(=O)N2CCCCC2)cc1)NCC(CC(C)C)N1CCOCC1.I. The van der Waals surface area contributed by atoms with Gasteiger partial charge in [-0.3, -0.25) is 14.7 Å². The quantitative estimate of drug-likeness (QED) is 0.285. The third-order valence-electron chi connectivity index (χ3n) is 6.34. The highest BCUT2D eigenvalue weighted by molar-refractivity contribution is 14.0. The van der Waals surface area contributed by atoms with Gasteiger partial charge in [-0.2, -0.15) is 0 Å². The molecule has 0 bridgehead atoms. The molecule has 2 aliphatic rings. The molecule has 0 aliphatic carbocycles. The third kappa shape index (κ3) is 9.05. The number of aliphatic imine (C=N–C) groups is 1. The highest BCUT2D eigenvalue weighted by Crippen LogP contribution is 2.15. The van der Waals surface area contributed by atoms with Crippen molar-refractivity contribution in [2.45, 2.75) is 52.1 Å². The predicted molar refractivity (Wildman–Crippen MR) is 145 cm³/mol. The van der Waals surface area contributed by atoms with E-state index < -0.39 is 0 Å². The molecule has 33 heavy (non-hydrogen) atoms. The molecule has 8 heteroatoms. The van der Waals surface area contributed by atoms with Crippen LogP contribution >= 0.6 is 24.0 Å². The van der Waals surface area contributed by atoms with Crippen LogP contribution in [0.3, 0.4) is 0 Å². The van der Waals surface area contributed by atoms with E-state index in [-0.39, 0.29) is 29.9 Å². The molecule has 0 spiro atoms. The van der Waals surface area contributed by atoms with Gasteiger partial charge in [0.1, 0.15) is 0 Å². The third-order valence-corrected chi connectivity index (χ3v) is 6.34. The molecule has 1 atom stereocenters. The highest BCUT2D eigenvalue weighted by atomic mass is 127. The van der Waals surface area contributed by atoms with Crippen LogP contribution in [0.2, 0.25) is 0 Å². The Bertz CT molecular complexity index is 729. The summed E-state index contributed by atoms with van der Waals surface area (Å²) in [4.78, 5) is 21.6. The number of hydrogen-bond acceptors (Lipinski definition) is 4. The second-order valence-corrected chi connectivity index (χ2v) is 9.29. The molecular formula is C25H42IN5O2. The molecule has 0 saturated carbocycles. The van der Waals surface area contributed by atoms with Crippen LogP contribution in [0.5, 0.6) is 0 Å². The summed E-state index contributed by atoms with van der Waals surface area (Å²) in [7, 11) is 1.81. The van der Waals surface area contributed by atoms with Gasteiger partial charge >= 0.3 is 0 Å². The van der Waals surface area contributed by atoms with E-state index in [4.69, 9.17) is 4.74 Å². The van der Waals surface area contributed by atoms with Crippen molar-refractivity contribution in [1.29, 1.82) is 0 Å². The lowest BCUT2D eigenvalue weighted by atomic mass is 10.0. The smallest absolute Gasteiger partial charge is 0.253 e. The van der Waals surface area contributed by atoms with Crippen molar-refractivity contribution in [2.24, 2.45) is 10.9 Å². The summed E-state index contributed by atoms with van der Waals surface area (Å²) < 4.78 is 5.52. The lowest BCUT2D eigenvalue weighted by molar-refractivity contribution is 0.0132. The maximum Gasteiger partial charge on any atom is 0.253 e. The first-order valence-corrected chi connectivity index (χ1v) is 12.2. The van der Waals surface area contributed by atoms with Gasteiger partial charge in [-0.15, -0.1) is 24.0 Å². The van der Waals surface area contributed by atoms with Crippen LogP contribution in [-0.2, 0) is 11.3 Å². The maximum atomic E-state index is 12.6. The number of hydrogen-bond donors (Lipinski definition) is 2. The Hall–Kier alpha value is -1.39. The van der Waals surface area contributed by atoms with Gasteiger partial charge in [0.25, 0.3) is 5.91 Å². The van der Waals surface area contributed by atoms with E-state index in [1.807, 2.05) is 36.2 Å². The van der Waals surface area contributed by atoms with E-state index in [0.29, 0.717) is 18.5 Å². The van der Waals surface area contributed by atoms with Crippen molar-refractivity contribution in [1.82, 2.24) is 20.4 Å². The average molecular weight is 572 g/mol. The lowest BCUT2D eigenvalue weighted by Crippen LogP contribution is -2.50. The number of nitrogens with one attached hydrogen (secondary N) is 2. The fraction of sp³-hybridized carbons (Fsp3) is 0.680. The van der Waals surface area contributed by atoms with Gasteiger partial charge in [-0.1, -0.05) is 26.0 Å². The first kappa shape index (κ1) is 27.9. The number of halogens is 1. The van der Waals surface area contributed by atoms with E-state index in [0.717, 1.165) is 82.3 Å². The summed E-state index contributed by atoms with van der Waals surface area (Å²) in [6.07, 6.45) is 4.61. The van der Waals surface area contributed by atoms with Crippen molar-refractivity contribution in [3.05, 3.63) is 35.4 Å². The van der Waals surface area contributed by atoms with Crippen LogP contribution in [0.4, 0.5) is 0 Å². The molecule has 1 amide bonds. The minimum absolute atomic E-state index is 0. The molecule has 2 fully saturated rings. The number of morpholine rings is 1. The monoisotopic (exact) mass is 571 g/mol. The van der Waals surface area contributed by atoms with Crippen molar-refractivity contribution in [3.8, 4) is 0 Å². The number of guanidine groups is 1. The summed E-state index contributed by atoms with van der Waals surface area (Å²) in [5.41, 5.74) is 1.91. The fourth-order valence-electron chi connectivity index (χ4n) is 4.51. The van der Waals surface area contributed by atoms with E-state index in [9.17, 15) is 4.79 Å². The standard InChI is InChI=1S/C25H41N5O2.HI/c1-20(2)17-23(29-13-15-32-16-14-29)19-28-25(26-3)27-18-21-7-9-22(10-8-21)24(31)30-11-5-4-6-12-30;/h7-10,20,23H,4-6,11-19H2,1-3H3,(H2,26,27,28);1H. The second kappa shape index (κ2) is 14.8. The van der Waals surface area contributed by atoms with Crippen LogP contribution in [0.15, 0.2) is 29.3 Å². The molecule has 2 N–H and O–H groups in total. The van der Waals surface area contributed by atoms with Crippen LogP contribution in [0.25, 0.3) is 0 Å². The van der Waals surface area contributed by atoms with Crippen LogP contribution in [0.1, 0.15) is 55.5 Å². The summed E-state index contributed by atoms with van der Waals surface area (Å²) in [5, 5.41) is 6.92. The van der Waals surface area contributed by atoms with Crippen molar-refractivity contribution >= 4 is 35.8 Å². The fourth-order valence-corrected chi connectivity index (χ4v) is 4.51. The molecule has 3 rings (SSSR count). The van der Waals surface area contributed by atoms with Gasteiger partial charge in [-0.05, 0) is 49.3 Å². The Morgan fingerprint density at radius 3 is 2.30 bits per heavy atom. The van der Waals surface area contributed by atoms with Gasteiger partial charge in [0.05, 0.1) is 13.2 Å². The zero-order valence-corrected chi connectivity index (χ0v) is 22.8. The Morgan fingerprint density at radius 2 is 1.70 bits per heavy atom. The largest absolute Gasteiger partial charge is 0.379 e. The lowest BCUT2D eigenvalue weighted by Gasteiger charge is -2.35. The number of ether oxygens (including phenoxy) is 1. The first-order chi connectivity index (χ1) is 15.6. The number of nitrogens with zero attached hydrogens (tertiary/aromatic N) is 3. The van der Waals surface area contributed by atoms with Crippen molar-refractivity contribution in [2.75, 3.05) is 53.0 Å². The molecule has 1 aromatic rings. The number of carbonyl (C=O) groups excluding carboxylic acids is 1. The minimum atomic E-state index is 0. The van der Waals surface area contributed by atoms with Gasteiger partial charge < -0.3 is 20.3 Å². The zero-order chi connectivity index (χ0) is 22.8. The van der Waals surface area contributed by atoms with Crippen LogP contribution in [-0.4, -0.2) is 80.7 Å².